The van der Waals surface area contributed by atoms with E-state index in [4.69, 9.17) is 23.7 Å². The summed E-state index contributed by atoms with van der Waals surface area (Å²) in [5, 5.41) is 12.7. The third kappa shape index (κ3) is 7.75. The lowest BCUT2D eigenvalue weighted by molar-refractivity contribution is -0.221. The predicted molar refractivity (Wildman–Crippen MR) is 179 cm³/mol. The van der Waals surface area contributed by atoms with Crippen molar-refractivity contribution in [2.24, 2.45) is 52.3 Å². The van der Waals surface area contributed by atoms with Crippen LogP contribution in [0.1, 0.15) is 114 Å². The topological polar surface area (TPSA) is 169 Å². The molecular weight excluding hydrogens is 648 g/mol. The number of rotatable bonds is 11. The Labute approximate surface area is 296 Å². The molecule has 0 heterocycles. The highest BCUT2D eigenvalue weighted by atomic mass is 16.6. The largest absolute Gasteiger partial charge is 0.465 e. The Hall–Kier alpha value is -3.02. The minimum Gasteiger partial charge on any atom is -0.465 e. The standard InChI is InChI=1S/C38H58O12/c1-19(2)26(18-46-20(3)39)34(49-23(6)42)35(50-24(7)43)38(10,45)33-12-11-27-25-15-30(44)29-16-31(47-21(4)40)32(48-22(5)41)17-37(29,9)28(25)13-14-36(27,33)8/h19,25-29,31-35,45H,11-18H2,1-10H3/t25-,26-,27-,28-,29+,31-,32+,33-,34+,35-,36-,37+,38+/m0/s1. The fraction of sp³-hybridized carbons (Fsp3) is 0.842. The number of esters is 5. The molecule has 0 aromatic heterocycles. The second-order valence-corrected chi connectivity index (χ2v) is 16.6. The average molecular weight is 707 g/mol. The van der Waals surface area contributed by atoms with Gasteiger partial charge in [0.1, 0.15) is 29.7 Å². The first-order valence-electron chi connectivity index (χ1n) is 18.2. The molecule has 0 aliphatic heterocycles. The Bertz CT molecular complexity index is 1340. The maximum absolute atomic E-state index is 14.1. The Morgan fingerprint density at radius 2 is 1.40 bits per heavy atom. The lowest BCUT2D eigenvalue weighted by atomic mass is 9.43. The molecule has 0 radical (unpaired) electrons. The van der Waals surface area contributed by atoms with E-state index in [1.165, 1.54) is 34.6 Å². The fourth-order valence-electron chi connectivity index (χ4n) is 11.0. The van der Waals surface area contributed by atoms with E-state index in [1.807, 2.05) is 13.8 Å². The van der Waals surface area contributed by atoms with Crippen LogP contribution >= 0.6 is 0 Å². The van der Waals surface area contributed by atoms with E-state index in [0.717, 1.165) is 19.3 Å². The minimum atomic E-state index is -1.67. The number of carbonyl (C=O) groups excluding carboxylic acids is 6. The van der Waals surface area contributed by atoms with Gasteiger partial charge in [-0.15, -0.1) is 0 Å². The van der Waals surface area contributed by atoms with Gasteiger partial charge in [0.15, 0.2) is 6.10 Å². The number of ketones is 1. The molecule has 12 nitrogen and oxygen atoms in total. The summed E-state index contributed by atoms with van der Waals surface area (Å²) in [5.74, 6) is -3.89. The number of fused-ring (bicyclic) bond motifs is 5. The third-order valence-corrected chi connectivity index (χ3v) is 13.0. The normalized spacial score (nSPS) is 36.3. The van der Waals surface area contributed by atoms with Gasteiger partial charge in [-0.05, 0) is 85.9 Å². The van der Waals surface area contributed by atoms with Crippen molar-refractivity contribution >= 4 is 35.6 Å². The van der Waals surface area contributed by atoms with Gasteiger partial charge in [0.05, 0.1) is 6.61 Å². The molecule has 4 aliphatic rings. The lowest BCUT2D eigenvalue weighted by Crippen LogP contribution is -2.63. The van der Waals surface area contributed by atoms with Crippen LogP contribution in [-0.4, -0.2) is 77.4 Å². The van der Waals surface area contributed by atoms with Crippen molar-refractivity contribution in [1.82, 2.24) is 0 Å². The molecule has 0 aromatic carbocycles. The molecule has 0 amide bonds. The molecule has 4 fully saturated rings. The lowest BCUT2D eigenvalue weighted by Gasteiger charge is -2.61. The number of carbonyl (C=O) groups is 6. The van der Waals surface area contributed by atoms with E-state index >= 15 is 0 Å². The van der Waals surface area contributed by atoms with Gasteiger partial charge in [0.2, 0.25) is 0 Å². The predicted octanol–water partition coefficient (Wildman–Crippen LogP) is 4.75. The van der Waals surface area contributed by atoms with Crippen LogP contribution < -0.4 is 0 Å². The summed E-state index contributed by atoms with van der Waals surface area (Å²) in [6.45, 7) is 16.0. The van der Waals surface area contributed by atoms with Crippen molar-refractivity contribution in [3.63, 3.8) is 0 Å². The molecule has 0 spiro atoms. The van der Waals surface area contributed by atoms with Crippen LogP contribution in [0.2, 0.25) is 0 Å². The van der Waals surface area contributed by atoms with E-state index in [0.29, 0.717) is 25.7 Å². The van der Waals surface area contributed by atoms with Gasteiger partial charge in [-0.1, -0.05) is 27.7 Å². The van der Waals surface area contributed by atoms with E-state index in [1.54, 1.807) is 6.92 Å². The van der Waals surface area contributed by atoms with Crippen molar-refractivity contribution in [3.05, 3.63) is 0 Å². The molecule has 50 heavy (non-hydrogen) atoms. The van der Waals surface area contributed by atoms with Gasteiger partial charge < -0.3 is 28.8 Å². The van der Waals surface area contributed by atoms with Crippen molar-refractivity contribution in [2.45, 2.75) is 144 Å². The zero-order chi connectivity index (χ0) is 37.5. The van der Waals surface area contributed by atoms with Gasteiger partial charge in [0.25, 0.3) is 0 Å². The number of Topliss-reactive ketones (excluding diaryl/α,β-unsaturated/α-hetero) is 1. The summed E-state index contributed by atoms with van der Waals surface area (Å²) in [4.78, 5) is 75.1. The maximum atomic E-state index is 14.1. The molecule has 13 atom stereocenters. The van der Waals surface area contributed by atoms with Crippen LogP contribution in [0.15, 0.2) is 0 Å². The van der Waals surface area contributed by atoms with Crippen molar-refractivity contribution < 1.29 is 57.6 Å². The van der Waals surface area contributed by atoms with Gasteiger partial charge in [-0.2, -0.15) is 0 Å². The Morgan fingerprint density at radius 3 is 1.94 bits per heavy atom. The first-order chi connectivity index (χ1) is 23.1. The van der Waals surface area contributed by atoms with Gasteiger partial charge in [-0.3, -0.25) is 28.8 Å². The van der Waals surface area contributed by atoms with Gasteiger partial charge in [0, 0.05) is 52.9 Å². The molecule has 0 saturated heterocycles. The number of hydrogen-bond acceptors (Lipinski definition) is 12. The summed E-state index contributed by atoms with van der Waals surface area (Å²) in [5.41, 5.74) is -2.61. The van der Waals surface area contributed by atoms with E-state index in [9.17, 15) is 33.9 Å². The van der Waals surface area contributed by atoms with Crippen LogP contribution in [0.5, 0.6) is 0 Å². The first kappa shape index (κ1) is 39.8. The molecule has 4 rings (SSSR count). The molecule has 4 aliphatic carbocycles. The van der Waals surface area contributed by atoms with Gasteiger partial charge in [-0.25, -0.2) is 0 Å². The highest BCUT2D eigenvalue weighted by molar-refractivity contribution is 5.83. The summed E-state index contributed by atoms with van der Waals surface area (Å²) in [6, 6.07) is 0. The SMILES string of the molecule is CC(=O)OC[C@@H](C(C)C)[C@@H](OC(C)=O)[C@H](OC(C)=O)[C@](C)(O)[C@H]1CC[C@H]2[C@@H]3CC(=O)[C@H]4C[C@H](OC(C)=O)[C@H](OC(C)=O)C[C@]4(C)[C@H]3CC[C@]12C. The highest BCUT2D eigenvalue weighted by Gasteiger charge is 2.67. The minimum absolute atomic E-state index is 0.00961. The Kier molecular flexibility index (Phi) is 11.9. The van der Waals surface area contributed by atoms with E-state index in [-0.39, 0.29) is 47.9 Å². The number of hydrogen-bond donors (Lipinski definition) is 1. The third-order valence-electron chi connectivity index (χ3n) is 13.0. The molecule has 12 heteroatoms. The second kappa shape index (κ2) is 14.9. The first-order valence-corrected chi connectivity index (χ1v) is 18.2. The summed E-state index contributed by atoms with van der Waals surface area (Å²) in [6.07, 6.45) is 0.201. The molecule has 4 saturated carbocycles. The van der Waals surface area contributed by atoms with Crippen LogP contribution in [-0.2, 0) is 52.5 Å². The van der Waals surface area contributed by atoms with Gasteiger partial charge >= 0.3 is 29.8 Å². The van der Waals surface area contributed by atoms with E-state index < -0.39 is 76.6 Å². The molecule has 0 unspecified atom stereocenters. The molecule has 282 valence electrons. The summed E-state index contributed by atoms with van der Waals surface area (Å²) >= 11 is 0. The highest BCUT2D eigenvalue weighted by Crippen LogP contribution is 2.68. The number of ether oxygens (including phenoxy) is 5. The van der Waals surface area contributed by atoms with Crippen LogP contribution in [0.3, 0.4) is 0 Å². The molecule has 0 aromatic rings. The Balaban J connectivity index is 1.69. The number of aliphatic hydroxyl groups is 1. The average Bonchev–Trinajstić information content (AvgIpc) is 3.33. The van der Waals surface area contributed by atoms with E-state index in [2.05, 4.69) is 13.8 Å². The zero-order valence-corrected chi connectivity index (χ0v) is 31.4. The summed E-state index contributed by atoms with van der Waals surface area (Å²) < 4.78 is 28.4. The van der Waals surface area contributed by atoms with Crippen molar-refractivity contribution in [3.8, 4) is 0 Å². The molecular formula is C38H58O12. The van der Waals surface area contributed by atoms with Crippen molar-refractivity contribution in [1.29, 1.82) is 0 Å². The quantitative estimate of drug-likeness (QED) is 0.232. The molecule has 0 bridgehead atoms. The smallest absolute Gasteiger partial charge is 0.303 e. The second-order valence-electron chi connectivity index (χ2n) is 16.6. The van der Waals surface area contributed by atoms with Crippen molar-refractivity contribution in [2.75, 3.05) is 6.61 Å². The zero-order valence-electron chi connectivity index (χ0n) is 31.4. The van der Waals surface area contributed by atoms with Crippen LogP contribution in [0.25, 0.3) is 0 Å². The summed E-state index contributed by atoms with van der Waals surface area (Å²) in [7, 11) is 0. The monoisotopic (exact) mass is 706 g/mol. The van der Waals surface area contributed by atoms with Crippen LogP contribution in [0, 0.1) is 52.3 Å². The maximum Gasteiger partial charge on any atom is 0.303 e. The van der Waals surface area contributed by atoms with Crippen LogP contribution in [0.4, 0.5) is 0 Å². The molecule has 1 N–H and O–H groups in total. The fourth-order valence-corrected chi connectivity index (χ4v) is 11.0. The Morgan fingerprint density at radius 1 is 0.820 bits per heavy atom.